The number of ether oxygens (including phenoxy) is 1. The first-order chi connectivity index (χ1) is 12.5. The Labute approximate surface area is 164 Å². The summed E-state index contributed by atoms with van der Waals surface area (Å²) in [7, 11) is 0. The van der Waals surface area contributed by atoms with Crippen molar-refractivity contribution in [2.24, 2.45) is 4.99 Å². The highest BCUT2D eigenvalue weighted by atomic mass is 16.5. The lowest BCUT2D eigenvalue weighted by Gasteiger charge is -2.31. The molecule has 1 rings (SSSR count). The highest BCUT2D eigenvalue weighted by Gasteiger charge is 2.30. The molecule has 1 aliphatic heterocycles. The van der Waals surface area contributed by atoms with E-state index < -0.39 is 5.60 Å². The maximum absolute atomic E-state index is 13.2. The quantitative estimate of drug-likeness (QED) is 0.397. The van der Waals surface area contributed by atoms with Gasteiger partial charge in [0.1, 0.15) is 11.4 Å². The van der Waals surface area contributed by atoms with Crippen LogP contribution < -0.4 is 0 Å². The van der Waals surface area contributed by atoms with Crippen LogP contribution in [-0.2, 0) is 9.53 Å². The summed E-state index contributed by atoms with van der Waals surface area (Å²) in [5.41, 5.74) is 2.73. The van der Waals surface area contributed by atoms with Crippen LogP contribution in [-0.4, -0.2) is 40.8 Å². The van der Waals surface area contributed by atoms with Gasteiger partial charge < -0.3 is 14.7 Å². The maximum Gasteiger partial charge on any atom is 0.289 e. The summed E-state index contributed by atoms with van der Waals surface area (Å²) >= 11 is 0. The Bertz CT molecular complexity index is 672. The summed E-state index contributed by atoms with van der Waals surface area (Å²) in [4.78, 5) is 19.5. The summed E-state index contributed by atoms with van der Waals surface area (Å²) in [6, 6.07) is 0. The van der Waals surface area contributed by atoms with Gasteiger partial charge in [-0.1, -0.05) is 13.8 Å². The molecule has 27 heavy (non-hydrogen) atoms. The minimum atomic E-state index is -1.16. The van der Waals surface area contributed by atoms with Crippen molar-refractivity contribution in [1.29, 1.82) is 0 Å². The molecule has 0 unspecified atom stereocenters. The van der Waals surface area contributed by atoms with E-state index >= 15 is 0 Å². The number of carbonyl (C=O) groups excluding carboxylic acids is 1. The van der Waals surface area contributed by atoms with E-state index in [2.05, 4.69) is 11.9 Å². The molecule has 5 nitrogen and oxygen atoms in total. The normalized spacial score (nSPS) is 16.6. The number of carbonyl (C=O) groups is 1. The summed E-state index contributed by atoms with van der Waals surface area (Å²) in [6.07, 6.45) is 4.29. The van der Waals surface area contributed by atoms with Crippen molar-refractivity contribution in [3.63, 3.8) is 0 Å². The van der Waals surface area contributed by atoms with Crippen LogP contribution in [0, 0.1) is 0 Å². The minimum absolute atomic E-state index is 0.155. The number of nitrogens with zero attached hydrogens (tertiary/aromatic N) is 2. The molecule has 0 radical (unpaired) electrons. The van der Waals surface area contributed by atoms with Gasteiger partial charge in [-0.25, -0.2) is 0 Å². The Morgan fingerprint density at radius 1 is 1.30 bits per heavy atom. The second kappa shape index (κ2) is 9.88. The standard InChI is InChI=1S/C22H36N2O3/c1-9-12-23-18-14-24(13-11-17(18)6)21(25)19(15(3)4)27-20(16(5)10-2)22(7,8)26/h12,26H,9-11,13-14H2,1-8H3/b20-16-,23-12?. The van der Waals surface area contributed by atoms with Crippen LogP contribution in [0.25, 0.3) is 0 Å². The third-order valence-electron chi connectivity index (χ3n) is 4.63. The highest BCUT2D eigenvalue weighted by molar-refractivity contribution is 5.92. The molecule has 1 amide bonds. The molecular formula is C22H36N2O3. The number of amides is 1. The van der Waals surface area contributed by atoms with Crippen molar-refractivity contribution in [3.8, 4) is 0 Å². The van der Waals surface area contributed by atoms with Gasteiger partial charge in [0.05, 0.1) is 12.2 Å². The van der Waals surface area contributed by atoms with E-state index in [0.717, 1.165) is 36.1 Å². The van der Waals surface area contributed by atoms with Crippen LogP contribution in [0.2, 0.25) is 0 Å². The highest BCUT2D eigenvalue weighted by Crippen LogP contribution is 2.28. The van der Waals surface area contributed by atoms with Gasteiger partial charge in [-0.05, 0) is 77.5 Å². The molecule has 0 atom stereocenters. The van der Waals surface area contributed by atoms with E-state index in [0.29, 0.717) is 24.6 Å². The van der Waals surface area contributed by atoms with Crippen molar-refractivity contribution >= 4 is 12.1 Å². The van der Waals surface area contributed by atoms with Gasteiger partial charge in [-0.15, -0.1) is 0 Å². The third-order valence-corrected chi connectivity index (χ3v) is 4.63. The summed E-state index contributed by atoms with van der Waals surface area (Å²) < 4.78 is 6.05. The minimum Gasteiger partial charge on any atom is -0.453 e. The molecular weight excluding hydrogens is 340 g/mol. The first kappa shape index (κ1) is 23.2. The van der Waals surface area contributed by atoms with Gasteiger partial charge in [0.15, 0.2) is 5.76 Å². The zero-order valence-electron chi connectivity index (χ0n) is 18.3. The number of hydrogen-bond acceptors (Lipinski definition) is 4. The molecule has 0 spiro atoms. The molecule has 0 aromatic carbocycles. The molecule has 0 saturated heterocycles. The SMILES string of the molecule is CCC=NC1=C(C)CCN(C(=O)C(O/C(=C(/C)CC)C(C)(C)O)=C(C)C)C1. The largest absolute Gasteiger partial charge is 0.453 e. The molecule has 0 fully saturated rings. The van der Waals surface area contributed by atoms with Crippen LogP contribution >= 0.6 is 0 Å². The van der Waals surface area contributed by atoms with E-state index in [1.54, 1.807) is 18.7 Å². The molecule has 0 bridgehead atoms. The average Bonchev–Trinajstić information content (AvgIpc) is 2.59. The van der Waals surface area contributed by atoms with Gasteiger partial charge in [-0.3, -0.25) is 9.79 Å². The maximum atomic E-state index is 13.2. The Kier molecular flexibility index (Phi) is 8.48. The van der Waals surface area contributed by atoms with Crippen LogP contribution in [0.5, 0.6) is 0 Å². The van der Waals surface area contributed by atoms with E-state index in [9.17, 15) is 9.90 Å². The van der Waals surface area contributed by atoms with Gasteiger partial charge in [0.25, 0.3) is 5.91 Å². The van der Waals surface area contributed by atoms with Crippen LogP contribution in [0.3, 0.4) is 0 Å². The lowest BCUT2D eigenvalue weighted by atomic mass is 10.0. The smallest absolute Gasteiger partial charge is 0.289 e. The van der Waals surface area contributed by atoms with Crippen LogP contribution in [0.4, 0.5) is 0 Å². The van der Waals surface area contributed by atoms with Crippen molar-refractivity contribution in [3.05, 3.63) is 33.9 Å². The Balaban J connectivity index is 3.15. The zero-order valence-corrected chi connectivity index (χ0v) is 18.3. The van der Waals surface area contributed by atoms with E-state index in [1.807, 2.05) is 40.8 Å². The summed E-state index contributed by atoms with van der Waals surface area (Å²) in [5.74, 6) is 0.582. The first-order valence-electron chi connectivity index (χ1n) is 9.81. The zero-order chi connectivity index (χ0) is 20.8. The molecule has 0 saturated carbocycles. The van der Waals surface area contributed by atoms with Crippen LogP contribution in [0.1, 0.15) is 74.7 Å². The van der Waals surface area contributed by atoms with Gasteiger partial charge in [0, 0.05) is 12.8 Å². The van der Waals surface area contributed by atoms with E-state index in [1.165, 1.54) is 5.57 Å². The Morgan fingerprint density at radius 3 is 2.41 bits per heavy atom. The molecule has 1 N–H and O–H groups in total. The predicted molar refractivity (Wildman–Crippen MR) is 111 cm³/mol. The fourth-order valence-electron chi connectivity index (χ4n) is 2.87. The fraction of sp³-hybridized carbons (Fsp3) is 0.636. The van der Waals surface area contributed by atoms with Gasteiger partial charge in [-0.2, -0.15) is 0 Å². The summed E-state index contributed by atoms with van der Waals surface area (Å²) in [6.45, 7) is 16.2. The number of rotatable bonds is 7. The van der Waals surface area contributed by atoms with E-state index in [4.69, 9.17) is 4.74 Å². The number of allylic oxidation sites excluding steroid dienone is 2. The molecule has 152 valence electrons. The fourth-order valence-corrected chi connectivity index (χ4v) is 2.87. The van der Waals surface area contributed by atoms with Gasteiger partial charge in [0.2, 0.25) is 0 Å². The monoisotopic (exact) mass is 376 g/mol. The summed E-state index contributed by atoms with van der Waals surface area (Å²) in [5, 5.41) is 10.5. The first-order valence-corrected chi connectivity index (χ1v) is 9.81. The number of hydrogen-bond donors (Lipinski definition) is 1. The lowest BCUT2D eigenvalue weighted by molar-refractivity contribution is -0.130. The van der Waals surface area contributed by atoms with Crippen LogP contribution in [0.15, 0.2) is 38.9 Å². The second-order valence-electron chi connectivity index (χ2n) is 7.88. The topological polar surface area (TPSA) is 62.1 Å². The molecule has 5 heteroatoms. The second-order valence-corrected chi connectivity index (χ2v) is 7.88. The number of aliphatic imine (C=N–C) groups is 1. The van der Waals surface area contributed by atoms with Crippen molar-refractivity contribution in [2.75, 3.05) is 13.1 Å². The lowest BCUT2D eigenvalue weighted by Crippen LogP contribution is -2.39. The number of aliphatic hydroxyl groups is 1. The van der Waals surface area contributed by atoms with Crippen molar-refractivity contribution in [2.45, 2.75) is 80.3 Å². The third kappa shape index (κ3) is 6.35. The molecule has 0 aromatic rings. The molecule has 1 heterocycles. The average molecular weight is 377 g/mol. The van der Waals surface area contributed by atoms with Crippen molar-refractivity contribution < 1.29 is 14.6 Å². The molecule has 0 aromatic heterocycles. The van der Waals surface area contributed by atoms with Crippen molar-refractivity contribution in [1.82, 2.24) is 4.90 Å². The predicted octanol–water partition coefficient (Wildman–Crippen LogP) is 4.74. The molecule has 1 aliphatic rings. The van der Waals surface area contributed by atoms with Gasteiger partial charge >= 0.3 is 0 Å². The molecule has 0 aliphatic carbocycles. The van der Waals surface area contributed by atoms with E-state index in [-0.39, 0.29) is 5.91 Å². The Morgan fingerprint density at radius 2 is 1.93 bits per heavy atom. The Hall–Kier alpha value is -1.88.